The van der Waals surface area contributed by atoms with Crippen molar-refractivity contribution >= 4 is 37.5 Å². The molecule has 4 nitrogen and oxygen atoms in total. The molecule has 1 fully saturated rings. The predicted octanol–water partition coefficient (Wildman–Crippen LogP) is 2.77. The van der Waals surface area contributed by atoms with Crippen molar-refractivity contribution in [2.24, 2.45) is 0 Å². The minimum atomic E-state index is -3.06. The Morgan fingerprint density at radius 1 is 1.48 bits per heavy atom. The standard InChI is InChI=1S/C14H20BrNO3S2/c1-3-21(17,18)14-10-20-7-6-16(14)9-11-8-12(19-2)4-5-13(11)15/h4-5,8,14H,3,6-7,9-10H2,1-2H3. The quantitative estimate of drug-likeness (QED) is 0.769. The largest absolute Gasteiger partial charge is 0.497 e. The fraction of sp³-hybridized carbons (Fsp3) is 0.571. The lowest BCUT2D eigenvalue weighted by atomic mass is 10.2. The highest BCUT2D eigenvalue weighted by Crippen LogP contribution is 2.28. The van der Waals surface area contributed by atoms with Gasteiger partial charge in [0.25, 0.3) is 0 Å². The summed E-state index contributed by atoms with van der Waals surface area (Å²) in [5, 5.41) is -0.389. The number of methoxy groups -OCH3 is 1. The highest BCUT2D eigenvalue weighted by molar-refractivity contribution is 9.10. The molecule has 0 radical (unpaired) electrons. The molecule has 0 spiro atoms. The van der Waals surface area contributed by atoms with E-state index < -0.39 is 9.84 Å². The number of halogens is 1. The number of rotatable bonds is 5. The summed E-state index contributed by atoms with van der Waals surface area (Å²) in [5.41, 5.74) is 1.05. The SMILES string of the molecule is CCS(=O)(=O)C1CSCCN1Cc1cc(OC)ccc1Br. The van der Waals surface area contributed by atoms with Crippen molar-refractivity contribution in [3.05, 3.63) is 28.2 Å². The van der Waals surface area contributed by atoms with E-state index >= 15 is 0 Å². The molecule has 0 aliphatic carbocycles. The van der Waals surface area contributed by atoms with E-state index in [1.54, 1.807) is 25.8 Å². The molecule has 1 atom stereocenters. The number of hydrogen-bond acceptors (Lipinski definition) is 5. The maximum atomic E-state index is 12.3. The van der Waals surface area contributed by atoms with Gasteiger partial charge in [0.1, 0.15) is 11.1 Å². The molecule has 0 saturated carbocycles. The number of sulfone groups is 1. The van der Waals surface area contributed by atoms with Crippen LogP contribution in [0.15, 0.2) is 22.7 Å². The lowest BCUT2D eigenvalue weighted by Crippen LogP contribution is -2.47. The van der Waals surface area contributed by atoms with Crippen molar-refractivity contribution in [1.82, 2.24) is 4.90 Å². The zero-order valence-corrected chi connectivity index (χ0v) is 15.4. The molecule has 1 saturated heterocycles. The van der Waals surface area contributed by atoms with E-state index in [1.165, 1.54) is 0 Å². The van der Waals surface area contributed by atoms with Crippen LogP contribution in [0.25, 0.3) is 0 Å². The third-order valence-corrected chi connectivity index (χ3v) is 7.74. The van der Waals surface area contributed by atoms with Gasteiger partial charge in [-0.2, -0.15) is 11.8 Å². The van der Waals surface area contributed by atoms with Gasteiger partial charge in [0.05, 0.1) is 7.11 Å². The van der Waals surface area contributed by atoms with E-state index in [0.717, 1.165) is 28.1 Å². The second-order valence-corrected chi connectivity index (χ2v) is 9.36. The van der Waals surface area contributed by atoms with Gasteiger partial charge in [-0.05, 0) is 23.8 Å². The number of hydrogen-bond donors (Lipinski definition) is 0. The smallest absolute Gasteiger partial charge is 0.166 e. The van der Waals surface area contributed by atoms with Crippen molar-refractivity contribution in [2.45, 2.75) is 18.8 Å². The van der Waals surface area contributed by atoms with Crippen molar-refractivity contribution in [3.63, 3.8) is 0 Å². The van der Waals surface area contributed by atoms with Gasteiger partial charge in [0.2, 0.25) is 0 Å². The van der Waals surface area contributed by atoms with Crippen LogP contribution < -0.4 is 4.74 Å². The minimum absolute atomic E-state index is 0.188. The van der Waals surface area contributed by atoms with Crippen LogP contribution in [-0.4, -0.2) is 49.6 Å². The Morgan fingerprint density at radius 3 is 2.90 bits per heavy atom. The maximum Gasteiger partial charge on any atom is 0.166 e. The van der Waals surface area contributed by atoms with Crippen molar-refractivity contribution < 1.29 is 13.2 Å². The molecule has 2 rings (SSSR count). The van der Waals surface area contributed by atoms with Gasteiger partial charge in [-0.25, -0.2) is 8.42 Å². The summed E-state index contributed by atoms with van der Waals surface area (Å²) < 4.78 is 30.8. The zero-order valence-electron chi connectivity index (χ0n) is 12.2. The third kappa shape index (κ3) is 4.15. The van der Waals surface area contributed by atoms with Gasteiger partial charge < -0.3 is 4.74 Å². The molecule has 1 unspecified atom stereocenters. The molecular formula is C14H20BrNO3S2. The van der Waals surface area contributed by atoms with Gasteiger partial charge >= 0.3 is 0 Å². The summed E-state index contributed by atoms with van der Waals surface area (Å²) in [7, 11) is -1.43. The van der Waals surface area contributed by atoms with Crippen LogP contribution >= 0.6 is 27.7 Å². The van der Waals surface area contributed by atoms with E-state index in [0.29, 0.717) is 12.3 Å². The molecule has 1 aliphatic rings. The first kappa shape index (κ1) is 17.1. The second kappa shape index (κ2) is 7.35. The summed E-state index contributed by atoms with van der Waals surface area (Å²) in [5.74, 6) is 2.60. The molecule has 118 valence electrons. The molecular weight excluding hydrogens is 374 g/mol. The fourth-order valence-corrected chi connectivity index (χ4v) is 5.79. The number of ether oxygens (including phenoxy) is 1. The Bertz CT molecular complexity index is 592. The van der Waals surface area contributed by atoms with Gasteiger partial charge in [0, 0.05) is 34.8 Å². The van der Waals surface area contributed by atoms with Crippen LogP contribution in [0.3, 0.4) is 0 Å². The van der Waals surface area contributed by atoms with E-state index in [2.05, 4.69) is 20.8 Å². The predicted molar refractivity (Wildman–Crippen MR) is 91.7 cm³/mol. The van der Waals surface area contributed by atoms with Gasteiger partial charge in [0.15, 0.2) is 9.84 Å². The molecule has 21 heavy (non-hydrogen) atoms. The van der Waals surface area contributed by atoms with Gasteiger partial charge in [-0.1, -0.05) is 22.9 Å². The molecule has 1 aliphatic heterocycles. The molecule has 1 aromatic rings. The van der Waals surface area contributed by atoms with E-state index in [1.807, 2.05) is 18.2 Å². The lowest BCUT2D eigenvalue weighted by Gasteiger charge is -2.34. The van der Waals surface area contributed by atoms with Crippen molar-refractivity contribution in [1.29, 1.82) is 0 Å². The minimum Gasteiger partial charge on any atom is -0.497 e. The third-order valence-electron chi connectivity index (χ3n) is 3.63. The maximum absolute atomic E-state index is 12.3. The van der Waals surface area contributed by atoms with Crippen molar-refractivity contribution in [2.75, 3.05) is 30.9 Å². The highest BCUT2D eigenvalue weighted by atomic mass is 79.9. The highest BCUT2D eigenvalue weighted by Gasteiger charge is 2.32. The van der Waals surface area contributed by atoms with Crippen LogP contribution in [-0.2, 0) is 16.4 Å². The normalized spacial score (nSPS) is 20.4. The first-order valence-corrected chi connectivity index (χ1v) is 10.5. The van der Waals surface area contributed by atoms with Crippen LogP contribution in [0.5, 0.6) is 5.75 Å². The average molecular weight is 394 g/mol. The molecule has 0 N–H and O–H groups in total. The van der Waals surface area contributed by atoms with E-state index in [4.69, 9.17) is 4.74 Å². The lowest BCUT2D eigenvalue weighted by molar-refractivity contribution is 0.261. The Balaban J connectivity index is 2.23. The number of nitrogens with zero attached hydrogens (tertiary/aromatic N) is 1. The zero-order chi connectivity index (χ0) is 15.5. The van der Waals surface area contributed by atoms with Crippen LogP contribution in [0, 0.1) is 0 Å². The monoisotopic (exact) mass is 393 g/mol. The molecule has 7 heteroatoms. The number of thioether (sulfide) groups is 1. The van der Waals surface area contributed by atoms with E-state index in [9.17, 15) is 8.42 Å². The van der Waals surface area contributed by atoms with E-state index in [-0.39, 0.29) is 11.1 Å². The summed E-state index contributed by atoms with van der Waals surface area (Å²) >= 11 is 5.25. The van der Waals surface area contributed by atoms with Crippen LogP contribution in [0.1, 0.15) is 12.5 Å². The Morgan fingerprint density at radius 2 is 2.24 bits per heavy atom. The summed E-state index contributed by atoms with van der Waals surface area (Å²) in [4.78, 5) is 2.06. The van der Waals surface area contributed by atoms with Crippen LogP contribution in [0.4, 0.5) is 0 Å². The molecule has 0 amide bonds. The van der Waals surface area contributed by atoms with Crippen LogP contribution in [0.2, 0.25) is 0 Å². The Kier molecular flexibility index (Phi) is 5.99. The molecule has 1 heterocycles. The Labute approximate surface area is 139 Å². The average Bonchev–Trinajstić information content (AvgIpc) is 2.50. The van der Waals surface area contributed by atoms with Gasteiger partial charge in [-0.15, -0.1) is 0 Å². The molecule has 1 aromatic carbocycles. The molecule has 0 bridgehead atoms. The second-order valence-electron chi connectivity index (χ2n) is 4.91. The fourth-order valence-electron chi connectivity index (χ4n) is 2.34. The first-order valence-electron chi connectivity index (χ1n) is 6.83. The summed E-state index contributed by atoms with van der Waals surface area (Å²) in [6.45, 7) is 3.12. The molecule has 0 aromatic heterocycles. The number of benzene rings is 1. The summed E-state index contributed by atoms with van der Waals surface area (Å²) in [6, 6.07) is 5.79. The van der Waals surface area contributed by atoms with Crippen molar-refractivity contribution in [3.8, 4) is 5.75 Å². The topological polar surface area (TPSA) is 46.6 Å². The Hall–Kier alpha value is -0.240. The summed E-state index contributed by atoms with van der Waals surface area (Å²) in [6.07, 6.45) is 0. The van der Waals surface area contributed by atoms with Gasteiger partial charge in [-0.3, -0.25) is 4.90 Å². The first-order chi connectivity index (χ1) is 9.97.